The van der Waals surface area contributed by atoms with E-state index < -0.39 is 11.3 Å². The van der Waals surface area contributed by atoms with Crippen molar-refractivity contribution >= 4 is 23.3 Å². The lowest BCUT2D eigenvalue weighted by atomic mass is 9.99. The number of likely N-dealkylation sites (tertiary alicyclic amines) is 1. The van der Waals surface area contributed by atoms with Gasteiger partial charge in [-0.1, -0.05) is 37.1 Å². The number of amides is 1. The highest BCUT2D eigenvalue weighted by Crippen LogP contribution is 2.69. The van der Waals surface area contributed by atoms with E-state index in [2.05, 4.69) is 6.07 Å². The number of nitrogens with zero attached hydrogens (tertiary/aromatic N) is 2. The van der Waals surface area contributed by atoms with Crippen LogP contribution in [0.4, 0.5) is 0 Å². The van der Waals surface area contributed by atoms with Gasteiger partial charge in [-0.2, -0.15) is 5.26 Å². The zero-order valence-corrected chi connectivity index (χ0v) is 12.5. The van der Waals surface area contributed by atoms with E-state index >= 15 is 0 Å². The van der Waals surface area contributed by atoms with Crippen molar-refractivity contribution in [3.05, 3.63) is 34.9 Å². The molecule has 21 heavy (non-hydrogen) atoms. The summed E-state index contributed by atoms with van der Waals surface area (Å²) < 4.78 is 0. The average Bonchev–Trinajstić information content (AvgIpc) is 3.12. The second kappa shape index (κ2) is 4.85. The molecular formula is C16H16ClN3O. The number of rotatable bonds is 4. The lowest BCUT2D eigenvalue weighted by Gasteiger charge is -2.22. The molecule has 1 aliphatic heterocycles. The summed E-state index contributed by atoms with van der Waals surface area (Å²) in [5.41, 5.74) is -0.0438. The van der Waals surface area contributed by atoms with Gasteiger partial charge < -0.3 is 0 Å². The number of carbonyl (C=O) groups is 1. The Kier molecular flexibility index (Phi) is 3.26. The Hall–Kier alpha value is -1.86. The van der Waals surface area contributed by atoms with Crippen LogP contribution < -0.4 is 0 Å². The molecule has 0 aromatic heterocycles. The third-order valence-corrected chi connectivity index (χ3v) is 4.80. The van der Waals surface area contributed by atoms with Gasteiger partial charge in [0.15, 0.2) is 0 Å². The Bertz CT molecular complexity index is 648. The number of carbonyl (C=O) groups excluding carboxylic acids is 1. The van der Waals surface area contributed by atoms with E-state index in [4.69, 9.17) is 17.0 Å². The molecule has 2 fully saturated rings. The van der Waals surface area contributed by atoms with E-state index in [0.717, 1.165) is 18.4 Å². The number of amidine groups is 1. The number of nitrogens with one attached hydrogen (secondary N) is 1. The van der Waals surface area contributed by atoms with Gasteiger partial charge in [0.2, 0.25) is 5.91 Å². The Morgan fingerprint density at radius 2 is 2.05 bits per heavy atom. The Morgan fingerprint density at radius 3 is 2.57 bits per heavy atom. The third-order valence-electron chi connectivity index (χ3n) is 4.55. The van der Waals surface area contributed by atoms with Crippen molar-refractivity contribution in [3.8, 4) is 6.07 Å². The van der Waals surface area contributed by atoms with Gasteiger partial charge in [-0.15, -0.1) is 0 Å². The van der Waals surface area contributed by atoms with Gasteiger partial charge in [-0.25, -0.2) is 0 Å². The molecular weight excluding hydrogens is 286 g/mol. The molecule has 1 saturated carbocycles. The molecule has 0 bridgehead atoms. The highest BCUT2D eigenvalue weighted by atomic mass is 35.5. The fourth-order valence-corrected chi connectivity index (χ4v) is 3.50. The smallest absolute Gasteiger partial charge is 0.233 e. The summed E-state index contributed by atoms with van der Waals surface area (Å²) in [6, 6.07) is 9.47. The van der Waals surface area contributed by atoms with E-state index in [0.29, 0.717) is 11.6 Å². The van der Waals surface area contributed by atoms with Crippen LogP contribution in [0.25, 0.3) is 0 Å². The fraction of sp³-hybridized carbons (Fsp3) is 0.438. The predicted octanol–water partition coefficient (Wildman–Crippen LogP) is 3.18. The lowest BCUT2D eigenvalue weighted by Crippen LogP contribution is -2.36. The maximum atomic E-state index is 12.5. The van der Waals surface area contributed by atoms with Crippen LogP contribution in [0.1, 0.15) is 31.2 Å². The number of fused-ring (bicyclic) bond motifs is 1. The minimum Gasteiger partial charge on any atom is -0.299 e. The Morgan fingerprint density at radius 1 is 1.38 bits per heavy atom. The summed E-state index contributed by atoms with van der Waals surface area (Å²) in [6.45, 7) is 2.59. The molecule has 4 nitrogen and oxygen atoms in total. The van der Waals surface area contributed by atoms with Crippen molar-refractivity contribution in [2.24, 2.45) is 11.3 Å². The molecule has 1 aliphatic carbocycles. The van der Waals surface area contributed by atoms with Crippen LogP contribution in [0.2, 0.25) is 5.02 Å². The molecule has 1 heterocycles. The predicted molar refractivity (Wildman–Crippen MR) is 80.1 cm³/mol. The summed E-state index contributed by atoms with van der Waals surface area (Å²) >= 11 is 5.88. The number of unbranched alkanes of at least 4 members (excludes halogenated alkanes) is 1. The highest BCUT2D eigenvalue weighted by molar-refractivity contribution is 6.30. The molecule has 0 unspecified atom stereocenters. The van der Waals surface area contributed by atoms with Crippen LogP contribution >= 0.6 is 11.6 Å². The van der Waals surface area contributed by atoms with Crippen molar-refractivity contribution in [1.29, 1.82) is 10.7 Å². The van der Waals surface area contributed by atoms with Crippen molar-refractivity contribution in [1.82, 2.24) is 4.90 Å². The largest absolute Gasteiger partial charge is 0.299 e. The minimum absolute atomic E-state index is 0.0741. The first-order valence-corrected chi connectivity index (χ1v) is 7.52. The fourth-order valence-electron chi connectivity index (χ4n) is 3.38. The molecule has 1 amide bonds. The SMILES string of the molecule is CCCCN1C(=N)[C@]2(C#N)[C@H](C1=O)[C@H]2c1ccc(Cl)cc1. The van der Waals surface area contributed by atoms with Crippen molar-refractivity contribution < 1.29 is 4.79 Å². The molecule has 1 aromatic rings. The highest BCUT2D eigenvalue weighted by Gasteiger charge is 2.78. The summed E-state index contributed by atoms with van der Waals surface area (Å²) in [5.74, 6) is -0.492. The number of halogens is 1. The van der Waals surface area contributed by atoms with Crippen molar-refractivity contribution in [2.75, 3.05) is 6.54 Å². The van der Waals surface area contributed by atoms with Gasteiger partial charge in [0.25, 0.3) is 0 Å². The summed E-state index contributed by atoms with van der Waals surface area (Å²) in [6.07, 6.45) is 1.82. The van der Waals surface area contributed by atoms with E-state index in [1.165, 1.54) is 4.90 Å². The van der Waals surface area contributed by atoms with Crippen LogP contribution in [0.15, 0.2) is 24.3 Å². The number of nitriles is 1. The molecule has 3 atom stereocenters. The van der Waals surface area contributed by atoms with Crippen molar-refractivity contribution in [3.63, 3.8) is 0 Å². The summed E-state index contributed by atoms with van der Waals surface area (Å²) in [7, 11) is 0. The van der Waals surface area contributed by atoms with Crippen molar-refractivity contribution in [2.45, 2.75) is 25.7 Å². The van der Waals surface area contributed by atoms with Gasteiger partial charge in [0, 0.05) is 17.5 Å². The Labute approximate surface area is 128 Å². The first kappa shape index (κ1) is 14.1. The van der Waals surface area contributed by atoms with Gasteiger partial charge in [0.05, 0.1) is 12.0 Å². The first-order chi connectivity index (χ1) is 10.1. The number of hydrogen-bond donors (Lipinski definition) is 1. The molecule has 2 aliphatic rings. The second-order valence-corrected chi connectivity index (χ2v) is 6.12. The summed E-state index contributed by atoms with van der Waals surface area (Å²) in [5, 5.41) is 18.5. The average molecular weight is 302 g/mol. The van der Waals surface area contributed by atoms with Crippen LogP contribution in [0.5, 0.6) is 0 Å². The molecule has 1 N–H and O–H groups in total. The number of hydrogen-bond acceptors (Lipinski definition) is 3. The maximum Gasteiger partial charge on any atom is 0.233 e. The number of benzene rings is 1. The molecule has 0 radical (unpaired) electrons. The van der Waals surface area contributed by atoms with E-state index in [1.54, 1.807) is 12.1 Å². The normalized spacial score (nSPS) is 30.2. The van der Waals surface area contributed by atoms with E-state index in [9.17, 15) is 10.1 Å². The maximum absolute atomic E-state index is 12.5. The van der Waals surface area contributed by atoms with Crippen LogP contribution in [0, 0.1) is 28.1 Å². The van der Waals surface area contributed by atoms with Gasteiger partial charge >= 0.3 is 0 Å². The number of piperidine rings is 1. The third kappa shape index (κ3) is 1.81. The topological polar surface area (TPSA) is 68.0 Å². The zero-order valence-electron chi connectivity index (χ0n) is 11.8. The van der Waals surface area contributed by atoms with E-state index in [1.807, 2.05) is 19.1 Å². The monoisotopic (exact) mass is 301 g/mol. The first-order valence-electron chi connectivity index (χ1n) is 7.15. The molecule has 108 valence electrons. The van der Waals surface area contributed by atoms with Gasteiger partial charge in [0.1, 0.15) is 11.3 Å². The zero-order chi connectivity index (χ0) is 15.2. The lowest BCUT2D eigenvalue weighted by molar-refractivity contribution is -0.127. The minimum atomic E-state index is -0.960. The second-order valence-electron chi connectivity index (χ2n) is 5.68. The molecule has 3 rings (SSSR count). The van der Waals surface area contributed by atoms with Gasteiger partial charge in [-0.3, -0.25) is 15.1 Å². The molecule has 1 saturated heterocycles. The van der Waals surface area contributed by atoms with Crippen LogP contribution in [-0.2, 0) is 4.79 Å². The van der Waals surface area contributed by atoms with Crippen LogP contribution in [0.3, 0.4) is 0 Å². The van der Waals surface area contributed by atoms with Crippen LogP contribution in [-0.4, -0.2) is 23.2 Å². The molecule has 5 heteroatoms. The molecule has 1 aromatic carbocycles. The van der Waals surface area contributed by atoms with E-state index in [-0.39, 0.29) is 17.7 Å². The molecule has 0 spiro atoms. The Balaban J connectivity index is 1.90. The standard InChI is InChI=1S/C16H16ClN3O/c1-2-3-8-20-14(21)13-12(16(13,9-18)15(20)19)10-4-6-11(17)7-5-10/h4-7,12-13,19H,2-3,8H2,1H3/t12-,13+,16+/m1/s1. The quantitative estimate of drug-likeness (QED) is 0.928. The summed E-state index contributed by atoms with van der Waals surface area (Å²) in [4.78, 5) is 14.0. The van der Waals surface area contributed by atoms with Gasteiger partial charge in [-0.05, 0) is 24.1 Å².